The molecular weight excluding hydrogens is 290 g/mol. The van der Waals surface area contributed by atoms with Crippen molar-refractivity contribution in [1.29, 1.82) is 0 Å². The molecule has 1 atom stereocenters. The minimum absolute atomic E-state index is 0.241. The third-order valence-electron chi connectivity index (χ3n) is 4.09. The smallest absolute Gasteiger partial charge is 0.246 e. The molecule has 1 aromatic rings. The van der Waals surface area contributed by atoms with Crippen molar-refractivity contribution in [3.8, 4) is 0 Å². The summed E-state index contributed by atoms with van der Waals surface area (Å²) in [5.74, 6) is 0. The minimum Gasteiger partial charge on any atom is -0.330 e. The van der Waals surface area contributed by atoms with Gasteiger partial charge in [-0.2, -0.15) is 9.40 Å². The maximum Gasteiger partial charge on any atom is 0.246 e. The Labute approximate surface area is 126 Å². The Morgan fingerprint density at radius 2 is 2.19 bits per heavy atom. The molecule has 0 amide bonds. The number of nitrogens with zero attached hydrogens (tertiary/aromatic N) is 3. The fraction of sp³-hybridized carbons (Fsp3) is 0.769. The SMILES string of the molecule is CCC(CCN)N1CCCN(S(=O)(=O)c2cn[nH]c2)CC1. The summed E-state index contributed by atoms with van der Waals surface area (Å²) < 4.78 is 26.6. The van der Waals surface area contributed by atoms with Gasteiger partial charge in [0.15, 0.2) is 0 Å². The zero-order valence-electron chi connectivity index (χ0n) is 12.5. The Morgan fingerprint density at radius 1 is 1.38 bits per heavy atom. The van der Waals surface area contributed by atoms with Gasteiger partial charge in [-0.25, -0.2) is 8.42 Å². The van der Waals surface area contributed by atoms with Gasteiger partial charge < -0.3 is 5.73 Å². The van der Waals surface area contributed by atoms with E-state index >= 15 is 0 Å². The van der Waals surface area contributed by atoms with Crippen LogP contribution in [0, 0.1) is 0 Å². The Morgan fingerprint density at radius 3 is 2.81 bits per heavy atom. The van der Waals surface area contributed by atoms with E-state index in [1.54, 1.807) is 4.31 Å². The van der Waals surface area contributed by atoms with Crippen LogP contribution in [0.3, 0.4) is 0 Å². The maximum absolute atomic E-state index is 12.5. The molecule has 0 radical (unpaired) electrons. The van der Waals surface area contributed by atoms with E-state index < -0.39 is 10.0 Å². The summed E-state index contributed by atoms with van der Waals surface area (Å²) >= 11 is 0. The summed E-state index contributed by atoms with van der Waals surface area (Å²) in [5, 5.41) is 6.30. The lowest BCUT2D eigenvalue weighted by molar-refractivity contribution is 0.192. The van der Waals surface area contributed by atoms with Crippen LogP contribution < -0.4 is 5.73 Å². The Balaban J connectivity index is 2.04. The van der Waals surface area contributed by atoms with Crippen LogP contribution >= 0.6 is 0 Å². The third kappa shape index (κ3) is 3.82. The van der Waals surface area contributed by atoms with Gasteiger partial charge in [-0.15, -0.1) is 0 Å². The number of hydrogen-bond acceptors (Lipinski definition) is 5. The highest BCUT2D eigenvalue weighted by Gasteiger charge is 2.29. The zero-order valence-corrected chi connectivity index (χ0v) is 13.3. The average Bonchev–Trinajstić information content (AvgIpc) is 2.90. The predicted molar refractivity (Wildman–Crippen MR) is 81.3 cm³/mol. The monoisotopic (exact) mass is 315 g/mol. The summed E-state index contributed by atoms with van der Waals surface area (Å²) in [4.78, 5) is 2.61. The second kappa shape index (κ2) is 7.35. The molecule has 0 saturated carbocycles. The second-order valence-corrected chi connectivity index (χ2v) is 7.30. The summed E-state index contributed by atoms with van der Waals surface area (Å²) in [6, 6.07) is 0.451. The molecule has 7 nitrogen and oxygen atoms in total. The molecule has 1 unspecified atom stereocenters. The number of H-pyrrole nitrogens is 1. The molecule has 1 saturated heterocycles. The largest absolute Gasteiger partial charge is 0.330 e. The van der Waals surface area contributed by atoms with E-state index in [0.717, 1.165) is 32.4 Å². The lowest BCUT2D eigenvalue weighted by Gasteiger charge is -2.29. The molecule has 0 bridgehead atoms. The number of sulfonamides is 1. The highest BCUT2D eigenvalue weighted by Crippen LogP contribution is 2.18. The van der Waals surface area contributed by atoms with Crippen molar-refractivity contribution in [1.82, 2.24) is 19.4 Å². The van der Waals surface area contributed by atoms with Crippen molar-refractivity contribution in [2.45, 2.75) is 37.1 Å². The van der Waals surface area contributed by atoms with Crippen LogP contribution in [0.15, 0.2) is 17.3 Å². The molecule has 1 fully saturated rings. The molecular formula is C13H25N5O2S. The molecule has 8 heteroatoms. The van der Waals surface area contributed by atoms with Crippen molar-refractivity contribution in [3.63, 3.8) is 0 Å². The number of hydrogen-bond donors (Lipinski definition) is 2. The normalized spacial score (nSPS) is 20.3. The van der Waals surface area contributed by atoms with Crippen molar-refractivity contribution in [2.75, 3.05) is 32.7 Å². The first-order valence-corrected chi connectivity index (χ1v) is 8.96. The van der Waals surface area contributed by atoms with Gasteiger partial charge >= 0.3 is 0 Å². The van der Waals surface area contributed by atoms with Gasteiger partial charge in [0.05, 0.1) is 6.20 Å². The van der Waals surface area contributed by atoms with E-state index in [9.17, 15) is 8.42 Å². The standard InChI is InChI=1S/C13H25N5O2S/c1-2-12(4-5-14)17-6-3-7-18(9-8-17)21(19,20)13-10-15-16-11-13/h10-12H,2-9,14H2,1H3,(H,15,16). The third-order valence-corrected chi connectivity index (χ3v) is 5.95. The number of rotatable bonds is 6. The molecule has 0 aromatic carbocycles. The highest BCUT2D eigenvalue weighted by molar-refractivity contribution is 7.89. The van der Waals surface area contributed by atoms with Crippen molar-refractivity contribution >= 4 is 10.0 Å². The van der Waals surface area contributed by atoms with Crippen LogP contribution in [0.2, 0.25) is 0 Å². The molecule has 2 rings (SSSR count). The molecule has 3 N–H and O–H groups in total. The summed E-state index contributed by atoms with van der Waals surface area (Å²) in [7, 11) is -3.42. The molecule has 0 aliphatic carbocycles. The minimum atomic E-state index is -3.42. The number of nitrogens with one attached hydrogen (secondary N) is 1. The van der Waals surface area contributed by atoms with E-state index in [-0.39, 0.29) is 4.90 Å². The van der Waals surface area contributed by atoms with E-state index in [4.69, 9.17) is 5.73 Å². The summed E-state index contributed by atoms with van der Waals surface area (Å²) in [6.45, 7) is 5.60. The molecule has 120 valence electrons. The predicted octanol–water partition coefficient (Wildman–Crippen LogP) is 0.234. The first kappa shape index (κ1) is 16.4. The molecule has 1 aliphatic rings. The molecule has 0 spiro atoms. The van der Waals surface area contributed by atoms with Crippen LogP contribution in [0.5, 0.6) is 0 Å². The molecule has 2 heterocycles. The number of aromatic amines is 1. The van der Waals surface area contributed by atoms with Gasteiger partial charge in [0.25, 0.3) is 0 Å². The van der Waals surface area contributed by atoms with Gasteiger partial charge in [0, 0.05) is 31.9 Å². The number of nitrogens with two attached hydrogens (primary N) is 1. The zero-order chi connectivity index (χ0) is 15.3. The van der Waals surface area contributed by atoms with Crippen LogP contribution in [-0.4, -0.2) is 66.6 Å². The molecule has 21 heavy (non-hydrogen) atoms. The van der Waals surface area contributed by atoms with E-state index in [1.165, 1.54) is 12.4 Å². The van der Waals surface area contributed by atoms with Crippen LogP contribution in [0.1, 0.15) is 26.2 Å². The highest BCUT2D eigenvalue weighted by atomic mass is 32.2. The van der Waals surface area contributed by atoms with E-state index in [0.29, 0.717) is 25.7 Å². The fourth-order valence-electron chi connectivity index (χ4n) is 2.89. The Kier molecular flexibility index (Phi) is 5.74. The first-order valence-electron chi connectivity index (χ1n) is 7.52. The quantitative estimate of drug-likeness (QED) is 0.784. The van der Waals surface area contributed by atoms with Gasteiger partial charge in [-0.05, 0) is 32.4 Å². The summed E-state index contributed by atoms with van der Waals surface area (Å²) in [5.41, 5.74) is 5.67. The lowest BCUT2D eigenvalue weighted by Crippen LogP contribution is -2.40. The Bertz CT molecular complexity index is 517. The first-order chi connectivity index (χ1) is 10.1. The summed E-state index contributed by atoms with van der Waals surface area (Å²) in [6.07, 6.45) is 5.65. The molecule has 1 aliphatic heterocycles. The average molecular weight is 315 g/mol. The van der Waals surface area contributed by atoms with Crippen LogP contribution in [0.25, 0.3) is 0 Å². The van der Waals surface area contributed by atoms with Gasteiger partial charge in [0.2, 0.25) is 10.0 Å². The van der Waals surface area contributed by atoms with E-state index in [1.807, 2.05) is 0 Å². The molecule has 1 aromatic heterocycles. The van der Waals surface area contributed by atoms with Crippen molar-refractivity contribution in [3.05, 3.63) is 12.4 Å². The maximum atomic E-state index is 12.5. The fourth-order valence-corrected chi connectivity index (χ4v) is 4.26. The van der Waals surface area contributed by atoms with Crippen molar-refractivity contribution in [2.24, 2.45) is 5.73 Å². The van der Waals surface area contributed by atoms with Crippen LogP contribution in [-0.2, 0) is 10.0 Å². The van der Waals surface area contributed by atoms with Gasteiger partial charge in [-0.1, -0.05) is 6.92 Å². The lowest BCUT2D eigenvalue weighted by atomic mass is 10.1. The van der Waals surface area contributed by atoms with Crippen molar-refractivity contribution < 1.29 is 8.42 Å². The number of aromatic nitrogens is 2. The van der Waals surface area contributed by atoms with Gasteiger partial charge in [-0.3, -0.25) is 10.00 Å². The van der Waals surface area contributed by atoms with Crippen LogP contribution in [0.4, 0.5) is 0 Å². The topological polar surface area (TPSA) is 95.3 Å². The van der Waals surface area contributed by atoms with Gasteiger partial charge in [0.1, 0.15) is 4.90 Å². The Hall–Kier alpha value is -0.960. The second-order valence-electron chi connectivity index (χ2n) is 5.37. The van der Waals surface area contributed by atoms with E-state index in [2.05, 4.69) is 22.0 Å².